The Bertz CT molecular complexity index is 274. The van der Waals surface area contributed by atoms with Gasteiger partial charge in [0.05, 0.1) is 11.2 Å². The van der Waals surface area contributed by atoms with E-state index in [-0.39, 0.29) is 22.9 Å². The summed E-state index contributed by atoms with van der Waals surface area (Å²) in [6, 6.07) is -0.0970. The molecule has 0 aliphatic heterocycles. The van der Waals surface area contributed by atoms with Crippen LogP contribution in [0.15, 0.2) is 4.99 Å². The standard InChI is InChI=1S/C8H10N2O2S/c11-10(12)8-3-5-1-6(8)2-7(5)9-4-13/h5-8H,1-3H2/t5-,6-,7+,8+/m1/s1. The van der Waals surface area contributed by atoms with E-state index in [9.17, 15) is 10.1 Å². The van der Waals surface area contributed by atoms with Crippen LogP contribution in [0, 0.1) is 22.0 Å². The highest BCUT2D eigenvalue weighted by Crippen LogP contribution is 2.47. The molecule has 4 atom stereocenters. The first-order valence-electron chi connectivity index (χ1n) is 4.43. The lowest BCUT2D eigenvalue weighted by atomic mass is 9.92. The second kappa shape index (κ2) is 3.16. The normalized spacial score (nSPS) is 41.5. The van der Waals surface area contributed by atoms with Gasteiger partial charge in [0.25, 0.3) is 0 Å². The highest BCUT2D eigenvalue weighted by atomic mass is 32.1. The van der Waals surface area contributed by atoms with Crippen molar-refractivity contribution < 1.29 is 4.92 Å². The molecule has 2 saturated carbocycles. The molecule has 2 fully saturated rings. The summed E-state index contributed by atoms with van der Waals surface area (Å²) in [6.07, 6.45) is 2.47. The molecule has 13 heavy (non-hydrogen) atoms. The highest BCUT2D eigenvalue weighted by Gasteiger charge is 2.51. The van der Waals surface area contributed by atoms with Crippen LogP contribution < -0.4 is 0 Å². The SMILES string of the molecule is O=[N+]([O-])[C@H]1C[C@H]2C[C@@H]1C[C@@H]2N=C=S. The average Bonchev–Trinajstić information content (AvgIpc) is 2.62. The van der Waals surface area contributed by atoms with E-state index in [0.717, 1.165) is 12.8 Å². The summed E-state index contributed by atoms with van der Waals surface area (Å²) in [5, 5.41) is 13.0. The van der Waals surface area contributed by atoms with Gasteiger partial charge in [-0.05, 0) is 31.0 Å². The Balaban J connectivity index is 2.06. The van der Waals surface area contributed by atoms with Crippen molar-refractivity contribution in [2.45, 2.75) is 31.3 Å². The van der Waals surface area contributed by atoms with Crippen molar-refractivity contribution >= 4 is 17.4 Å². The van der Waals surface area contributed by atoms with Gasteiger partial charge < -0.3 is 0 Å². The molecule has 4 nitrogen and oxygen atoms in total. The van der Waals surface area contributed by atoms with E-state index >= 15 is 0 Å². The van der Waals surface area contributed by atoms with Crippen LogP contribution in [-0.2, 0) is 0 Å². The molecule has 0 heterocycles. The first kappa shape index (κ1) is 8.78. The molecular weight excluding hydrogens is 188 g/mol. The summed E-state index contributed by atoms with van der Waals surface area (Å²) in [6.45, 7) is 0. The van der Waals surface area contributed by atoms with Gasteiger partial charge in [-0.3, -0.25) is 10.1 Å². The van der Waals surface area contributed by atoms with Gasteiger partial charge in [-0.2, -0.15) is 0 Å². The predicted octanol–water partition coefficient (Wildman–Crippen LogP) is 1.53. The lowest BCUT2D eigenvalue weighted by Crippen LogP contribution is -2.30. The van der Waals surface area contributed by atoms with E-state index in [2.05, 4.69) is 22.4 Å². The van der Waals surface area contributed by atoms with Crippen LogP contribution in [0.1, 0.15) is 19.3 Å². The van der Waals surface area contributed by atoms with E-state index in [1.165, 1.54) is 0 Å². The van der Waals surface area contributed by atoms with Crippen molar-refractivity contribution in [1.82, 2.24) is 0 Å². The first-order valence-corrected chi connectivity index (χ1v) is 4.83. The molecule has 0 amide bonds. The molecule has 0 aromatic heterocycles. The molecule has 5 heteroatoms. The summed E-state index contributed by atoms with van der Waals surface area (Å²) in [5.41, 5.74) is 0. The number of isothiocyanates is 1. The van der Waals surface area contributed by atoms with Gasteiger partial charge >= 0.3 is 0 Å². The minimum atomic E-state index is -0.318. The van der Waals surface area contributed by atoms with Crippen LogP contribution in [-0.4, -0.2) is 22.2 Å². The lowest BCUT2D eigenvalue weighted by Gasteiger charge is -2.18. The Hall–Kier alpha value is -0.800. The minimum Gasteiger partial charge on any atom is -0.264 e. The zero-order valence-corrected chi connectivity index (χ0v) is 7.87. The second-order valence-electron chi connectivity index (χ2n) is 3.87. The summed E-state index contributed by atoms with van der Waals surface area (Å²) in [4.78, 5) is 14.5. The molecule has 0 radical (unpaired) electrons. The van der Waals surface area contributed by atoms with Gasteiger partial charge in [-0.25, -0.2) is 4.99 Å². The maximum Gasteiger partial charge on any atom is 0.216 e. The van der Waals surface area contributed by atoms with Crippen molar-refractivity contribution in [3.63, 3.8) is 0 Å². The van der Waals surface area contributed by atoms with Crippen LogP contribution in [0.3, 0.4) is 0 Å². The maximum atomic E-state index is 10.6. The Morgan fingerprint density at radius 3 is 2.62 bits per heavy atom. The Morgan fingerprint density at radius 2 is 2.15 bits per heavy atom. The summed E-state index contributed by atoms with van der Waals surface area (Å²) in [7, 11) is 0. The van der Waals surface area contributed by atoms with Crippen molar-refractivity contribution in [3.8, 4) is 0 Å². The fourth-order valence-electron chi connectivity index (χ4n) is 2.70. The number of hydrogen-bond donors (Lipinski definition) is 0. The molecule has 0 aromatic carbocycles. The summed E-state index contributed by atoms with van der Waals surface area (Å²) >= 11 is 4.53. The van der Waals surface area contributed by atoms with Gasteiger partial charge in [-0.1, -0.05) is 0 Å². The highest BCUT2D eigenvalue weighted by molar-refractivity contribution is 7.78. The monoisotopic (exact) mass is 198 g/mol. The van der Waals surface area contributed by atoms with E-state index in [0.29, 0.717) is 12.3 Å². The third kappa shape index (κ3) is 1.38. The zero-order valence-electron chi connectivity index (χ0n) is 7.05. The van der Waals surface area contributed by atoms with E-state index < -0.39 is 0 Å². The molecular formula is C8H10N2O2S. The largest absolute Gasteiger partial charge is 0.264 e. The number of nitro groups is 1. The third-order valence-electron chi connectivity index (χ3n) is 3.27. The molecule has 0 unspecified atom stereocenters. The smallest absolute Gasteiger partial charge is 0.216 e. The molecule has 0 saturated heterocycles. The van der Waals surface area contributed by atoms with Gasteiger partial charge in [-0.15, -0.1) is 0 Å². The van der Waals surface area contributed by atoms with E-state index in [1.54, 1.807) is 0 Å². The minimum absolute atomic E-state index is 0.137. The van der Waals surface area contributed by atoms with Crippen LogP contribution in [0.25, 0.3) is 0 Å². The van der Waals surface area contributed by atoms with Gasteiger partial charge in [0.2, 0.25) is 6.04 Å². The molecule has 2 aliphatic rings. The predicted molar refractivity (Wildman–Crippen MR) is 50.4 cm³/mol. The van der Waals surface area contributed by atoms with Crippen LogP contribution in [0.4, 0.5) is 0 Å². The van der Waals surface area contributed by atoms with E-state index in [4.69, 9.17) is 0 Å². The Morgan fingerprint density at radius 1 is 1.38 bits per heavy atom. The number of aliphatic imine (C=N–C) groups is 1. The third-order valence-corrected chi connectivity index (χ3v) is 3.38. The molecule has 2 aliphatic carbocycles. The quantitative estimate of drug-likeness (QED) is 0.292. The number of thiocarbonyl (C=S) groups is 1. The van der Waals surface area contributed by atoms with Crippen molar-refractivity contribution in [1.29, 1.82) is 0 Å². The zero-order chi connectivity index (χ0) is 9.42. The maximum absolute atomic E-state index is 10.6. The molecule has 2 bridgehead atoms. The van der Waals surface area contributed by atoms with Gasteiger partial charge in [0, 0.05) is 17.3 Å². The number of nitrogens with zero attached hydrogens (tertiary/aromatic N) is 2. The van der Waals surface area contributed by atoms with Crippen LogP contribution in [0.5, 0.6) is 0 Å². The Kier molecular flexibility index (Phi) is 2.14. The molecule has 70 valence electrons. The Labute approximate surface area is 81.2 Å². The van der Waals surface area contributed by atoms with Crippen molar-refractivity contribution in [3.05, 3.63) is 10.1 Å². The summed E-state index contributed by atoms with van der Waals surface area (Å²) < 4.78 is 0. The number of hydrogen-bond acceptors (Lipinski definition) is 4. The second-order valence-corrected chi connectivity index (χ2v) is 4.05. The fourth-order valence-corrected chi connectivity index (χ4v) is 2.83. The first-order chi connectivity index (χ1) is 6.22. The number of rotatable bonds is 2. The van der Waals surface area contributed by atoms with Gasteiger partial charge in [0.15, 0.2) is 0 Å². The van der Waals surface area contributed by atoms with Crippen LogP contribution >= 0.6 is 12.2 Å². The molecule has 0 N–H and O–H groups in total. The van der Waals surface area contributed by atoms with Crippen molar-refractivity contribution in [2.75, 3.05) is 0 Å². The number of fused-ring (bicyclic) bond motifs is 2. The topological polar surface area (TPSA) is 55.5 Å². The van der Waals surface area contributed by atoms with E-state index in [1.807, 2.05) is 0 Å². The average molecular weight is 198 g/mol. The lowest BCUT2D eigenvalue weighted by molar-refractivity contribution is -0.530. The van der Waals surface area contributed by atoms with Crippen LogP contribution in [0.2, 0.25) is 0 Å². The van der Waals surface area contributed by atoms with Crippen molar-refractivity contribution in [2.24, 2.45) is 16.8 Å². The summed E-state index contributed by atoms with van der Waals surface area (Å²) in [5.74, 6) is 0.618. The molecule has 2 rings (SSSR count). The molecule has 0 aromatic rings. The van der Waals surface area contributed by atoms with Gasteiger partial charge in [0.1, 0.15) is 0 Å². The fraction of sp³-hybridized carbons (Fsp3) is 0.875. The molecule has 0 spiro atoms.